The standard InChI is InChI=1S/C26H36N6O2/c1-16-10-17(2)30-26(34)23(16)14-28-25(33)22-11-19(20-13-29-31(4)15-20)12-24(18(22)3)32(5)21-6-8-27-9-7-21/h10-13,15,21,25,27-28,33H,6-9,14H2,1-5H3,(H,30,34). The minimum Gasteiger partial charge on any atom is -0.374 e. The van der Waals surface area contributed by atoms with Gasteiger partial charge >= 0.3 is 0 Å². The van der Waals surface area contributed by atoms with Gasteiger partial charge in [0.15, 0.2) is 0 Å². The lowest BCUT2D eigenvalue weighted by molar-refractivity contribution is 0.136. The molecule has 1 aliphatic rings. The molecule has 3 heterocycles. The summed E-state index contributed by atoms with van der Waals surface area (Å²) in [7, 11) is 4.04. The molecule has 0 aliphatic carbocycles. The van der Waals surface area contributed by atoms with E-state index in [4.69, 9.17) is 0 Å². The number of aromatic nitrogens is 3. The van der Waals surface area contributed by atoms with E-state index >= 15 is 0 Å². The van der Waals surface area contributed by atoms with Crippen LogP contribution in [0.25, 0.3) is 11.1 Å². The largest absolute Gasteiger partial charge is 0.374 e. The van der Waals surface area contributed by atoms with E-state index in [9.17, 15) is 9.90 Å². The van der Waals surface area contributed by atoms with Crippen LogP contribution >= 0.6 is 0 Å². The predicted octanol–water partition coefficient (Wildman–Crippen LogP) is 2.67. The molecular formula is C26H36N6O2. The monoisotopic (exact) mass is 464 g/mol. The number of H-pyrrole nitrogens is 1. The molecule has 8 heteroatoms. The SMILES string of the molecule is Cc1cc(C)c(CNC(O)c2cc(-c3cnn(C)c3)cc(N(C)C3CCNCC3)c2C)c(=O)[nH]1. The zero-order chi connectivity index (χ0) is 24.4. The van der Waals surface area contributed by atoms with Gasteiger partial charge in [-0.05, 0) is 81.6 Å². The van der Waals surface area contributed by atoms with Gasteiger partial charge in [-0.3, -0.25) is 14.8 Å². The molecule has 4 N–H and O–H groups in total. The number of aliphatic hydroxyl groups is 1. The van der Waals surface area contributed by atoms with Crippen LogP contribution in [-0.4, -0.2) is 46.1 Å². The van der Waals surface area contributed by atoms with Crippen LogP contribution in [0.5, 0.6) is 0 Å². The summed E-state index contributed by atoms with van der Waals surface area (Å²) >= 11 is 0. The Kier molecular flexibility index (Phi) is 7.21. The Morgan fingerprint density at radius 3 is 2.59 bits per heavy atom. The van der Waals surface area contributed by atoms with Crippen molar-refractivity contribution < 1.29 is 5.11 Å². The lowest BCUT2D eigenvalue weighted by Crippen LogP contribution is -2.41. The second-order valence-electron chi connectivity index (χ2n) is 9.43. The number of piperidine rings is 1. The van der Waals surface area contributed by atoms with Crippen molar-refractivity contribution in [1.82, 2.24) is 25.4 Å². The van der Waals surface area contributed by atoms with Crippen molar-refractivity contribution in [3.05, 3.63) is 68.9 Å². The highest BCUT2D eigenvalue weighted by Crippen LogP contribution is 2.34. The summed E-state index contributed by atoms with van der Waals surface area (Å²) in [5, 5.41) is 22.2. The quantitative estimate of drug-likeness (QED) is 0.402. The van der Waals surface area contributed by atoms with E-state index < -0.39 is 6.23 Å². The Bertz CT molecular complexity index is 1210. The molecule has 0 saturated carbocycles. The molecule has 8 nitrogen and oxygen atoms in total. The molecule has 4 rings (SSSR count). The molecule has 1 fully saturated rings. The van der Waals surface area contributed by atoms with E-state index in [0.29, 0.717) is 11.6 Å². The molecule has 1 aliphatic heterocycles. The first kappa shape index (κ1) is 24.2. The first-order valence-corrected chi connectivity index (χ1v) is 11.9. The first-order chi connectivity index (χ1) is 16.2. The smallest absolute Gasteiger partial charge is 0.252 e. The summed E-state index contributed by atoms with van der Waals surface area (Å²) in [5.41, 5.74) is 7.21. The summed E-state index contributed by atoms with van der Waals surface area (Å²) in [4.78, 5) is 17.6. The van der Waals surface area contributed by atoms with Crippen molar-refractivity contribution in [1.29, 1.82) is 0 Å². The van der Waals surface area contributed by atoms with Crippen molar-refractivity contribution in [3.63, 3.8) is 0 Å². The van der Waals surface area contributed by atoms with E-state index in [2.05, 4.69) is 45.7 Å². The molecular weight excluding hydrogens is 428 g/mol. The molecule has 1 saturated heterocycles. The Morgan fingerprint density at radius 1 is 1.21 bits per heavy atom. The fourth-order valence-corrected chi connectivity index (χ4v) is 4.91. The molecule has 1 atom stereocenters. The summed E-state index contributed by atoms with van der Waals surface area (Å²) < 4.78 is 1.78. The third kappa shape index (κ3) is 5.09. The van der Waals surface area contributed by atoms with Gasteiger partial charge in [0, 0.05) is 61.0 Å². The molecule has 0 radical (unpaired) electrons. The minimum atomic E-state index is -0.920. The topological polar surface area (TPSA) is 98.2 Å². The van der Waals surface area contributed by atoms with Crippen LogP contribution in [0, 0.1) is 20.8 Å². The maximum atomic E-state index is 12.4. The van der Waals surface area contributed by atoms with Gasteiger partial charge < -0.3 is 20.3 Å². The zero-order valence-electron chi connectivity index (χ0n) is 20.8. The third-order valence-corrected chi connectivity index (χ3v) is 6.96. The maximum absolute atomic E-state index is 12.4. The Hall–Kier alpha value is -2.94. The van der Waals surface area contributed by atoms with Crippen molar-refractivity contribution in [3.8, 4) is 11.1 Å². The highest BCUT2D eigenvalue weighted by molar-refractivity contribution is 5.72. The number of benzene rings is 1. The minimum absolute atomic E-state index is 0.121. The number of rotatable bonds is 7. The highest BCUT2D eigenvalue weighted by Gasteiger charge is 2.23. The van der Waals surface area contributed by atoms with Crippen LogP contribution in [-0.2, 0) is 13.6 Å². The number of aromatic amines is 1. The summed E-state index contributed by atoms with van der Waals surface area (Å²) in [6.45, 7) is 8.15. The molecule has 1 unspecified atom stereocenters. The van der Waals surface area contributed by atoms with Gasteiger partial charge in [-0.25, -0.2) is 0 Å². The van der Waals surface area contributed by atoms with Gasteiger partial charge in [-0.15, -0.1) is 0 Å². The van der Waals surface area contributed by atoms with Gasteiger partial charge in [0.25, 0.3) is 5.56 Å². The molecule has 182 valence electrons. The van der Waals surface area contributed by atoms with Crippen molar-refractivity contribution in [2.24, 2.45) is 7.05 Å². The van der Waals surface area contributed by atoms with Crippen LogP contribution in [0.2, 0.25) is 0 Å². The first-order valence-electron chi connectivity index (χ1n) is 11.9. The van der Waals surface area contributed by atoms with Gasteiger partial charge in [-0.1, -0.05) is 0 Å². The molecule has 3 aromatic rings. The second-order valence-corrected chi connectivity index (χ2v) is 9.43. The number of nitrogens with one attached hydrogen (secondary N) is 3. The fourth-order valence-electron chi connectivity index (χ4n) is 4.91. The van der Waals surface area contributed by atoms with Gasteiger partial charge in [0.05, 0.1) is 6.20 Å². The Labute approximate surface area is 201 Å². The van der Waals surface area contributed by atoms with Gasteiger partial charge in [0.2, 0.25) is 0 Å². The summed E-state index contributed by atoms with van der Waals surface area (Å²) in [6, 6.07) is 6.61. The normalized spacial score (nSPS) is 15.5. The lowest BCUT2D eigenvalue weighted by atomic mass is 9.96. The number of aryl methyl sites for hydroxylation is 3. The summed E-state index contributed by atoms with van der Waals surface area (Å²) in [5.74, 6) is 0. The van der Waals surface area contributed by atoms with E-state index in [-0.39, 0.29) is 12.1 Å². The number of hydrogen-bond donors (Lipinski definition) is 4. The zero-order valence-corrected chi connectivity index (χ0v) is 20.8. The third-order valence-electron chi connectivity index (χ3n) is 6.96. The van der Waals surface area contributed by atoms with Gasteiger partial charge in [-0.2, -0.15) is 5.10 Å². The van der Waals surface area contributed by atoms with Crippen LogP contribution < -0.4 is 21.1 Å². The summed E-state index contributed by atoms with van der Waals surface area (Å²) in [6.07, 6.45) is 5.07. The lowest BCUT2D eigenvalue weighted by Gasteiger charge is -2.35. The van der Waals surface area contributed by atoms with Crippen molar-refractivity contribution in [2.45, 2.75) is 52.4 Å². The molecule has 2 aromatic heterocycles. The molecule has 1 aromatic carbocycles. The second kappa shape index (κ2) is 10.1. The average molecular weight is 465 g/mol. The maximum Gasteiger partial charge on any atom is 0.252 e. The average Bonchev–Trinajstić information content (AvgIpc) is 3.24. The van der Waals surface area contributed by atoms with E-state index in [1.807, 2.05) is 45.4 Å². The fraction of sp³-hybridized carbons (Fsp3) is 0.462. The van der Waals surface area contributed by atoms with Gasteiger partial charge in [0.1, 0.15) is 6.23 Å². The molecule has 34 heavy (non-hydrogen) atoms. The van der Waals surface area contributed by atoms with Crippen molar-refractivity contribution >= 4 is 5.69 Å². The van der Waals surface area contributed by atoms with Crippen LogP contribution in [0.3, 0.4) is 0 Å². The number of nitrogens with zero attached hydrogens (tertiary/aromatic N) is 3. The highest BCUT2D eigenvalue weighted by atomic mass is 16.3. The van der Waals surface area contributed by atoms with Crippen LogP contribution in [0.1, 0.15) is 47.0 Å². The molecule has 0 amide bonds. The van der Waals surface area contributed by atoms with E-state index in [0.717, 1.165) is 65.1 Å². The predicted molar refractivity (Wildman–Crippen MR) is 136 cm³/mol. The van der Waals surface area contributed by atoms with E-state index in [1.54, 1.807) is 4.68 Å². The number of pyridine rings is 1. The van der Waals surface area contributed by atoms with Crippen molar-refractivity contribution in [2.75, 3.05) is 25.0 Å². The Balaban J connectivity index is 1.68. The number of aliphatic hydroxyl groups excluding tert-OH is 1. The van der Waals surface area contributed by atoms with E-state index in [1.165, 1.54) is 0 Å². The molecule has 0 bridgehead atoms. The van der Waals surface area contributed by atoms with Crippen LogP contribution in [0.15, 0.2) is 35.4 Å². The van der Waals surface area contributed by atoms with Crippen LogP contribution in [0.4, 0.5) is 5.69 Å². The Morgan fingerprint density at radius 2 is 1.94 bits per heavy atom. The molecule has 0 spiro atoms. The number of anilines is 1. The number of hydrogen-bond acceptors (Lipinski definition) is 6.